The lowest BCUT2D eigenvalue weighted by Crippen LogP contribution is -2.02. The van der Waals surface area contributed by atoms with Gasteiger partial charge in [-0.15, -0.1) is 0 Å². The number of carbonyl (C=O) groups excluding carboxylic acids is 1. The zero-order valence-electron chi connectivity index (χ0n) is 12.9. The minimum atomic E-state index is -0.565. The lowest BCUT2D eigenvalue weighted by Gasteiger charge is -2.06. The van der Waals surface area contributed by atoms with E-state index in [2.05, 4.69) is 0 Å². The molecule has 0 N–H and O–H groups in total. The zero-order chi connectivity index (χ0) is 17.8. The Morgan fingerprint density at radius 3 is 2.24 bits per heavy atom. The Balaban J connectivity index is 1.98. The highest BCUT2D eigenvalue weighted by atomic mass is 32.2. The van der Waals surface area contributed by atoms with E-state index >= 15 is 0 Å². The quantitative estimate of drug-likeness (QED) is 0.363. The van der Waals surface area contributed by atoms with Crippen LogP contribution in [-0.2, 0) is 0 Å². The van der Waals surface area contributed by atoms with E-state index in [0.29, 0.717) is 5.56 Å². The van der Waals surface area contributed by atoms with Crippen LogP contribution in [0, 0.1) is 15.9 Å². The molecule has 0 saturated heterocycles. The summed E-state index contributed by atoms with van der Waals surface area (Å²) in [7, 11) is 0. The number of rotatable bonds is 5. The molecule has 0 aliphatic carbocycles. The Kier molecular flexibility index (Phi) is 4.90. The SMILES string of the molecule is O=C(c1ccccc1)c1ccc(Sc2ccccc2F)c([N+](=O)[O-])c1. The normalized spacial score (nSPS) is 10.4. The Morgan fingerprint density at radius 2 is 1.56 bits per heavy atom. The third-order valence-electron chi connectivity index (χ3n) is 3.51. The van der Waals surface area contributed by atoms with Gasteiger partial charge in [0.15, 0.2) is 5.78 Å². The fraction of sp³-hybridized carbons (Fsp3) is 0. The summed E-state index contributed by atoms with van der Waals surface area (Å²) in [6.07, 6.45) is 0. The maximum Gasteiger partial charge on any atom is 0.283 e. The molecule has 6 heteroatoms. The lowest BCUT2D eigenvalue weighted by atomic mass is 10.0. The van der Waals surface area contributed by atoms with Crippen molar-refractivity contribution < 1.29 is 14.1 Å². The first kappa shape index (κ1) is 16.9. The predicted octanol–water partition coefficient (Wildman–Crippen LogP) is 5.12. The lowest BCUT2D eigenvalue weighted by molar-refractivity contribution is -0.387. The second kappa shape index (κ2) is 7.27. The van der Waals surface area contributed by atoms with Crippen LogP contribution in [0.5, 0.6) is 0 Å². The minimum absolute atomic E-state index is 0.218. The Hall–Kier alpha value is -2.99. The van der Waals surface area contributed by atoms with Crippen LogP contribution in [0.3, 0.4) is 0 Å². The smallest absolute Gasteiger partial charge is 0.283 e. The number of nitro benzene ring substituents is 1. The Labute approximate surface area is 147 Å². The van der Waals surface area contributed by atoms with Crippen LogP contribution in [-0.4, -0.2) is 10.7 Å². The van der Waals surface area contributed by atoms with Crippen LogP contribution in [0.2, 0.25) is 0 Å². The van der Waals surface area contributed by atoms with E-state index in [0.717, 1.165) is 11.8 Å². The maximum atomic E-state index is 13.8. The van der Waals surface area contributed by atoms with Gasteiger partial charge in [-0.25, -0.2) is 4.39 Å². The summed E-state index contributed by atoms with van der Waals surface area (Å²) in [5.74, 6) is -0.752. The van der Waals surface area contributed by atoms with E-state index in [-0.39, 0.29) is 26.8 Å². The van der Waals surface area contributed by atoms with Gasteiger partial charge < -0.3 is 0 Å². The number of nitrogens with zero attached hydrogens (tertiary/aromatic N) is 1. The van der Waals surface area contributed by atoms with Crippen LogP contribution in [0.25, 0.3) is 0 Å². The van der Waals surface area contributed by atoms with Crippen molar-refractivity contribution in [2.75, 3.05) is 0 Å². The summed E-state index contributed by atoms with van der Waals surface area (Å²) in [6, 6.07) is 18.8. The standard InChI is InChI=1S/C19H12FNO3S/c20-15-8-4-5-9-17(15)25-18-11-10-14(12-16(18)21(23)24)19(22)13-6-2-1-3-7-13/h1-12H. The van der Waals surface area contributed by atoms with E-state index in [4.69, 9.17) is 0 Å². The fourth-order valence-corrected chi connectivity index (χ4v) is 3.21. The van der Waals surface area contributed by atoms with Crippen molar-refractivity contribution in [2.24, 2.45) is 0 Å². The number of halogens is 1. The van der Waals surface area contributed by atoms with Crippen molar-refractivity contribution in [1.29, 1.82) is 0 Å². The van der Waals surface area contributed by atoms with Crippen molar-refractivity contribution in [1.82, 2.24) is 0 Å². The third-order valence-corrected chi connectivity index (χ3v) is 4.63. The first-order valence-corrected chi connectivity index (χ1v) is 8.18. The van der Waals surface area contributed by atoms with Crippen molar-refractivity contribution in [3.05, 3.63) is 99.9 Å². The maximum absolute atomic E-state index is 13.8. The molecule has 0 aromatic heterocycles. The summed E-state index contributed by atoms with van der Waals surface area (Å²) < 4.78 is 13.8. The summed E-state index contributed by atoms with van der Waals surface area (Å²) in [5, 5.41) is 11.4. The van der Waals surface area contributed by atoms with Gasteiger partial charge in [-0.05, 0) is 24.3 Å². The highest BCUT2D eigenvalue weighted by Gasteiger charge is 2.20. The first-order chi connectivity index (χ1) is 12.1. The average molecular weight is 353 g/mol. The van der Waals surface area contributed by atoms with E-state index in [1.165, 1.54) is 24.3 Å². The van der Waals surface area contributed by atoms with Gasteiger partial charge in [0.05, 0.1) is 9.82 Å². The van der Waals surface area contributed by atoms with Gasteiger partial charge in [-0.3, -0.25) is 14.9 Å². The first-order valence-electron chi connectivity index (χ1n) is 7.37. The molecule has 0 bridgehead atoms. The number of benzene rings is 3. The molecule has 0 aliphatic heterocycles. The highest BCUT2D eigenvalue weighted by molar-refractivity contribution is 7.99. The summed E-state index contributed by atoms with van der Waals surface area (Å²) in [6.45, 7) is 0. The molecule has 3 aromatic carbocycles. The predicted molar refractivity (Wildman–Crippen MR) is 93.5 cm³/mol. The van der Waals surface area contributed by atoms with E-state index in [9.17, 15) is 19.3 Å². The second-order valence-electron chi connectivity index (χ2n) is 5.17. The van der Waals surface area contributed by atoms with Crippen molar-refractivity contribution in [3.63, 3.8) is 0 Å². The fourth-order valence-electron chi connectivity index (χ4n) is 2.29. The molecule has 0 fully saturated rings. The van der Waals surface area contributed by atoms with Crippen LogP contribution < -0.4 is 0 Å². The molecule has 0 radical (unpaired) electrons. The van der Waals surface area contributed by atoms with Crippen LogP contribution in [0.4, 0.5) is 10.1 Å². The molecular formula is C19H12FNO3S. The molecule has 0 amide bonds. The molecule has 4 nitrogen and oxygen atoms in total. The molecule has 0 unspecified atom stereocenters. The largest absolute Gasteiger partial charge is 0.289 e. The van der Waals surface area contributed by atoms with Gasteiger partial charge in [0.25, 0.3) is 5.69 Å². The number of ketones is 1. The minimum Gasteiger partial charge on any atom is -0.289 e. The molecule has 124 valence electrons. The van der Waals surface area contributed by atoms with Crippen molar-refractivity contribution >= 4 is 23.2 Å². The number of nitro groups is 1. The zero-order valence-corrected chi connectivity index (χ0v) is 13.7. The van der Waals surface area contributed by atoms with Gasteiger partial charge in [-0.1, -0.05) is 54.2 Å². The number of carbonyl (C=O) groups is 1. The molecule has 0 atom stereocenters. The van der Waals surface area contributed by atoms with Gasteiger partial charge in [0.2, 0.25) is 0 Å². The average Bonchev–Trinajstić information content (AvgIpc) is 2.64. The molecule has 0 saturated carbocycles. The van der Waals surface area contributed by atoms with Crippen LogP contribution >= 0.6 is 11.8 Å². The highest BCUT2D eigenvalue weighted by Crippen LogP contribution is 2.36. The van der Waals surface area contributed by atoms with Crippen LogP contribution in [0.1, 0.15) is 15.9 Å². The summed E-state index contributed by atoms with van der Waals surface area (Å²) in [5.41, 5.74) is 0.442. The van der Waals surface area contributed by atoms with Crippen molar-refractivity contribution in [3.8, 4) is 0 Å². The van der Waals surface area contributed by atoms with Gasteiger partial charge in [0, 0.05) is 22.1 Å². The van der Waals surface area contributed by atoms with Crippen LogP contribution in [0.15, 0.2) is 82.6 Å². The Bertz CT molecular complexity index is 944. The molecular weight excluding hydrogens is 341 g/mol. The second-order valence-corrected chi connectivity index (χ2v) is 6.25. The molecule has 0 spiro atoms. The van der Waals surface area contributed by atoms with E-state index < -0.39 is 10.7 Å². The molecule has 3 rings (SSSR count). The number of hydrogen-bond donors (Lipinski definition) is 0. The van der Waals surface area contributed by atoms with E-state index in [1.54, 1.807) is 48.5 Å². The Morgan fingerprint density at radius 1 is 0.880 bits per heavy atom. The molecule has 0 aliphatic rings. The molecule has 3 aromatic rings. The third kappa shape index (κ3) is 3.75. The van der Waals surface area contributed by atoms with Gasteiger partial charge in [-0.2, -0.15) is 0 Å². The van der Waals surface area contributed by atoms with Crippen molar-refractivity contribution in [2.45, 2.75) is 9.79 Å². The molecule has 25 heavy (non-hydrogen) atoms. The summed E-state index contributed by atoms with van der Waals surface area (Å²) >= 11 is 0.957. The molecule has 0 heterocycles. The topological polar surface area (TPSA) is 60.2 Å². The van der Waals surface area contributed by atoms with Gasteiger partial charge in [0.1, 0.15) is 5.82 Å². The summed E-state index contributed by atoms with van der Waals surface area (Å²) in [4.78, 5) is 23.8. The monoisotopic (exact) mass is 353 g/mol. The van der Waals surface area contributed by atoms with E-state index in [1.807, 2.05) is 0 Å². The number of hydrogen-bond acceptors (Lipinski definition) is 4. The van der Waals surface area contributed by atoms with Gasteiger partial charge >= 0.3 is 0 Å².